The number of rotatable bonds is 4. The normalized spacial score (nSPS) is 23.3. The number of anilines is 1. The van der Waals surface area contributed by atoms with E-state index in [0.717, 1.165) is 35.6 Å². The van der Waals surface area contributed by atoms with Crippen molar-refractivity contribution in [3.63, 3.8) is 0 Å². The fraction of sp³-hybridized carbons (Fsp3) is 0.524. The zero-order chi connectivity index (χ0) is 20.0. The van der Waals surface area contributed by atoms with Gasteiger partial charge in [-0.05, 0) is 70.1 Å². The molecule has 1 saturated heterocycles. The van der Waals surface area contributed by atoms with Gasteiger partial charge < -0.3 is 15.4 Å². The largest absolute Gasteiger partial charge is 0.491 e. The maximum atomic E-state index is 13.6. The molecule has 0 aromatic carbocycles. The van der Waals surface area contributed by atoms with Gasteiger partial charge in [-0.3, -0.25) is 4.79 Å². The van der Waals surface area contributed by atoms with Gasteiger partial charge in [-0.2, -0.15) is 0 Å². The highest BCUT2D eigenvalue weighted by molar-refractivity contribution is 5.95. The highest BCUT2D eigenvalue weighted by Crippen LogP contribution is 2.52. The highest BCUT2D eigenvalue weighted by Gasteiger charge is 2.49. The number of carbonyl (C=O) groups is 1. The molecule has 7 nitrogen and oxygen atoms in total. The number of piperidine rings is 1. The number of nitrogens with two attached hydrogens (primary N) is 1. The molecule has 3 atom stereocenters. The van der Waals surface area contributed by atoms with Gasteiger partial charge in [-0.25, -0.2) is 15.0 Å². The average molecular weight is 381 g/mol. The van der Waals surface area contributed by atoms with Gasteiger partial charge in [-0.1, -0.05) is 0 Å². The lowest BCUT2D eigenvalue weighted by molar-refractivity contribution is 0.0581. The van der Waals surface area contributed by atoms with Crippen LogP contribution in [0.2, 0.25) is 0 Å². The van der Waals surface area contributed by atoms with E-state index < -0.39 is 0 Å². The minimum atomic E-state index is -0.114. The summed E-state index contributed by atoms with van der Waals surface area (Å²) < 4.78 is 5.69. The van der Waals surface area contributed by atoms with E-state index >= 15 is 0 Å². The lowest BCUT2D eigenvalue weighted by atomic mass is 9.95. The summed E-state index contributed by atoms with van der Waals surface area (Å²) in [4.78, 5) is 28.8. The van der Waals surface area contributed by atoms with Crippen molar-refractivity contribution >= 4 is 11.9 Å². The van der Waals surface area contributed by atoms with Gasteiger partial charge >= 0.3 is 0 Å². The number of pyridine rings is 1. The topological polar surface area (TPSA) is 94.2 Å². The number of amides is 1. The molecular weight excluding hydrogens is 354 g/mol. The molecule has 7 heteroatoms. The quantitative estimate of drug-likeness (QED) is 0.875. The van der Waals surface area contributed by atoms with Crippen LogP contribution in [0, 0.1) is 32.6 Å². The Balaban J connectivity index is 1.75. The number of carbonyl (C=O) groups excluding carboxylic acids is 1. The van der Waals surface area contributed by atoms with Crippen LogP contribution in [-0.2, 0) is 0 Å². The maximum Gasteiger partial charge on any atom is 0.276 e. The number of hydrogen-bond donors (Lipinski definition) is 1. The molecule has 1 amide bonds. The second kappa shape index (κ2) is 7.04. The third-order valence-corrected chi connectivity index (χ3v) is 5.92. The number of nitrogens with zero attached hydrogens (tertiary/aromatic N) is 4. The zero-order valence-corrected chi connectivity index (χ0v) is 16.9. The van der Waals surface area contributed by atoms with Crippen molar-refractivity contribution in [1.82, 2.24) is 19.9 Å². The van der Waals surface area contributed by atoms with E-state index in [2.05, 4.69) is 15.0 Å². The molecule has 1 aliphatic heterocycles. The molecule has 1 saturated carbocycles. The third-order valence-electron chi connectivity index (χ3n) is 5.92. The fourth-order valence-electron chi connectivity index (χ4n) is 4.20. The number of fused-ring (bicyclic) bond motifs is 1. The Kier molecular flexibility index (Phi) is 4.69. The van der Waals surface area contributed by atoms with Crippen molar-refractivity contribution < 1.29 is 9.53 Å². The molecule has 0 radical (unpaired) electrons. The van der Waals surface area contributed by atoms with Gasteiger partial charge in [-0.15, -0.1) is 0 Å². The summed E-state index contributed by atoms with van der Waals surface area (Å²) in [6, 6.07) is 3.58. The van der Waals surface area contributed by atoms with Crippen LogP contribution in [0.1, 0.15) is 58.9 Å². The predicted molar refractivity (Wildman–Crippen MR) is 106 cm³/mol. The van der Waals surface area contributed by atoms with Gasteiger partial charge in [0.25, 0.3) is 5.91 Å². The summed E-state index contributed by atoms with van der Waals surface area (Å²) in [6.07, 6.45) is 2.07. The summed E-state index contributed by atoms with van der Waals surface area (Å²) >= 11 is 0. The molecule has 1 aliphatic carbocycles. The molecule has 3 unspecified atom stereocenters. The number of likely N-dealkylation sites (tertiary alicyclic amines) is 1. The summed E-state index contributed by atoms with van der Waals surface area (Å²) in [7, 11) is 0. The molecule has 2 N–H and O–H groups in total. The molecule has 2 aromatic rings. The monoisotopic (exact) mass is 381 g/mol. The summed E-state index contributed by atoms with van der Waals surface area (Å²) in [5.41, 5.74) is 9.82. The Morgan fingerprint density at radius 3 is 2.71 bits per heavy atom. The van der Waals surface area contributed by atoms with E-state index in [-0.39, 0.29) is 17.9 Å². The molecule has 0 bridgehead atoms. The van der Waals surface area contributed by atoms with Gasteiger partial charge in [0, 0.05) is 17.9 Å². The Morgan fingerprint density at radius 1 is 1.18 bits per heavy atom. The molecule has 148 valence electrons. The van der Waals surface area contributed by atoms with E-state index in [1.807, 2.05) is 44.7 Å². The lowest BCUT2D eigenvalue weighted by Gasteiger charge is -2.36. The summed E-state index contributed by atoms with van der Waals surface area (Å²) in [6.45, 7) is 8.93. The number of aromatic nitrogens is 3. The number of aryl methyl sites for hydroxylation is 2. The van der Waals surface area contributed by atoms with Crippen LogP contribution in [0.4, 0.5) is 5.95 Å². The Bertz CT molecular complexity index is 929. The fourth-order valence-corrected chi connectivity index (χ4v) is 4.20. The van der Waals surface area contributed by atoms with E-state index in [1.54, 1.807) is 0 Å². The first-order chi connectivity index (χ1) is 13.4. The van der Waals surface area contributed by atoms with E-state index in [1.165, 1.54) is 6.42 Å². The highest BCUT2D eigenvalue weighted by atomic mass is 16.5. The predicted octanol–water partition coefficient (Wildman–Crippen LogP) is 3.00. The van der Waals surface area contributed by atoms with Crippen molar-refractivity contribution in [2.24, 2.45) is 11.8 Å². The first kappa shape index (κ1) is 18.7. The molecule has 2 fully saturated rings. The molecule has 3 heterocycles. The van der Waals surface area contributed by atoms with Crippen LogP contribution in [0.15, 0.2) is 12.1 Å². The Morgan fingerprint density at radius 2 is 1.96 bits per heavy atom. The van der Waals surface area contributed by atoms with Gasteiger partial charge in [0.15, 0.2) is 11.4 Å². The lowest BCUT2D eigenvalue weighted by Crippen LogP contribution is -2.41. The molecule has 28 heavy (non-hydrogen) atoms. The van der Waals surface area contributed by atoms with Crippen LogP contribution >= 0.6 is 0 Å². The van der Waals surface area contributed by atoms with E-state index in [0.29, 0.717) is 29.9 Å². The first-order valence-electron chi connectivity index (χ1n) is 9.91. The van der Waals surface area contributed by atoms with Crippen molar-refractivity contribution in [2.45, 2.75) is 46.6 Å². The zero-order valence-electron chi connectivity index (χ0n) is 16.9. The van der Waals surface area contributed by atoms with Crippen molar-refractivity contribution in [3.05, 3.63) is 40.5 Å². The van der Waals surface area contributed by atoms with Crippen molar-refractivity contribution in [2.75, 3.05) is 18.9 Å². The number of hydrogen-bond acceptors (Lipinski definition) is 6. The van der Waals surface area contributed by atoms with Gasteiger partial charge in [0.2, 0.25) is 5.95 Å². The van der Waals surface area contributed by atoms with Crippen LogP contribution in [-0.4, -0.2) is 38.9 Å². The van der Waals surface area contributed by atoms with Gasteiger partial charge in [0.05, 0.1) is 18.3 Å². The Labute approximate surface area is 165 Å². The first-order valence-corrected chi connectivity index (χ1v) is 9.91. The van der Waals surface area contributed by atoms with E-state index in [9.17, 15) is 4.79 Å². The van der Waals surface area contributed by atoms with Crippen molar-refractivity contribution in [3.8, 4) is 5.75 Å². The average Bonchev–Trinajstić information content (AvgIpc) is 3.43. The number of nitrogen functional groups attached to an aromatic ring is 1. The van der Waals surface area contributed by atoms with Crippen LogP contribution in [0.3, 0.4) is 0 Å². The second-order valence-electron chi connectivity index (χ2n) is 7.87. The summed E-state index contributed by atoms with van der Waals surface area (Å²) in [5.74, 6) is 1.91. The molecule has 2 aliphatic rings. The standard InChI is InChI=1S/C21H27N5O2/c1-5-28-17-7-6-11(2)23-19(17)20(27)26-10-15-8-14(15)9-16(26)18-12(3)13(4)24-21(22)25-18/h6-7,14-16H,5,8-10H2,1-4H3,(H2,22,24,25). The van der Waals surface area contributed by atoms with Gasteiger partial charge in [0.1, 0.15) is 0 Å². The van der Waals surface area contributed by atoms with Crippen molar-refractivity contribution in [1.29, 1.82) is 0 Å². The molecule has 4 rings (SSSR count). The van der Waals surface area contributed by atoms with E-state index in [4.69, 9.17) is 10.5 Å². The smallest absolute Gasteiger partial charge is 0.276 e. The number of ether oxygens (including phenoxy) is 1. The van der Waals surface area contributed by atoms with Crippen LogP contribution in [0.25, 0.3) is 0 Å². The third kappa shape index (κ3) is 3.30. The SMILES string of the molecule is CCOc1ccc(C)nc1C(=O)N1CC2CC2CC1c1nc(N)nc(C)c1C. The molecule has 0 spiro atoms. The minimum Gasteiger partial charge on any atom is -0.491 e. The van der Waals surface area contributed by atoms with Crippen LogP contribution in [0.5, 0.6) is 5.75 Å². The Hall–Kier alpha value is -2.70. The minimum absolute atomic E-state index is 0.100. The summed E-state index contributed by atoms with van der Waals surface area (Å²) in [5, 5.41) is 0. The molecular formula is C21H27N5O2. The molecule has 2 aromatic heterocycles. The van der Waals surface area contributed by atoms with Crippen LogP contribution < -0.4 is 10.5 Å². The maximum absolute atomic E-state index is 13.6. The second-order valence-corrected chi connectivity index (χ2v) is 7.87.